The third kappa shape index (κ3) is 6.44. The van der Waals surface area contributed by atoms with Crippen molar-refractivity contribution in [2.45, 2.75) is 19.3 Å². The van der Waals surface area contributed by atoms with E-state index in [0.29, 0.717) is 6.42 Å². The van der Waals surface area contributed by atoms with Gasteiger partial charge in [-0.3, -0.25) is 4.79 Å². The van der Waals surface area contributed by atoms with Crippen LogP contribution in [0.1, 0.15) is 18.4 Å². The summed E-state index contributed by atoms with van der Waals surface area (Å²) in [6.45, 7) is 1.69. The molecule has 2 N–H and O–H groups in total. The van der Waals surface area contributed by atoms with E-state index in [-0.39, 0.29) is 5.91 Å². The summed E-state index contributed by atoms with van der Waals surface area (Å²) in [7, 11) is 1.91. The van der Waals surface area contributed by atoms with E-state index in [1.807, 2.05) is 31.3 Å². The third-order valence-corrected chi connectivity index (χ3v) is 3.01. The van der Waals surface area contributed by atoms with Gasteiger partial charge in [-0.2, -0.15) is 0 Å². The first-order valence-corrected chi connectivity index (χ1v) is 6.67. The number of nitrogens with one attached hydrogen (secondary N) is 2. The molecule has 1 aromatic rings. The second-order valence-corrected chi connectivity index (χ2v) is 4.85. The summed E-state index contributed by atoms with van der Waals surface area (Å²) in [5.74, 6) is 0.129. The Morgan fingerprint density at radius 2 is 1.94 bits per heavy atom. The predicted molar refractivity (Wildman–Crippen MR) is 74.0 cm³/mol. The van der Waals surface area contributed by atoms with Crippen molar-refractivity contribution < 1.29 is 4.79 Å². The van der Waals surface area contributed by atoms with Crippen LogP contribution in [0, 0.1) is 0 Å². The van der Waals surface area contributed by atoms with Gasteiger partial charge in [0.1, 0.15) is 0 Å². The van der Waals surface area contributed by atoms with E-state index in [9.17, 15) is 4.79 Å². The van der Waals surface area contributed by atoms with E-state index in [0.717, 1.165) is 30.4 Å². The lowest BCUT2D eigenvalue weighted by molar-refractivity contribution is -0.121. The Morgan fingerprint density at radius 1 is 1.24 bits per heavy atom. The molecular weight excluding hydrogens is 280 g/mol. The molecule has 0 saturated carbocycles. The number of carbonyl (C=O) groups excluding carboxylic acids is 1. The summed E-state index contributed by atoms with van der Waals surface area (Å²) in [5.41, 5.74) is 1.19. The van der Waals surface area contributed by atoms with Gasteiger partial charge in [0.2, 0.25) is 5.91 Å². The number of rotatable bonds is 7. The van der Waals surface area contributed by atoms with Crippen molar-refractivity contribution in [1.29, 1.82) is 0 Å². The van der Waals surface area contributed by atoms with Gasteiger partial charge in [0.25, 0.3) is 0 Å². The van der Waals surface area contributed by atoms with Crippen molar-refractivity contribution in [1.82, 2.24) is 10.6 Å². The monoisotopic (exact) mass is 298 g/mol. The zero-order chi connectivity index (χ0) is 12.5. The van der Waals surface area contributed by atoms with Gasteiger partial charge < -0.3 is 10.6 Å². The first-order chi connectivity index (χ1) is 8.22. The molecule has 0 aromatic heterocycles. The van der Waals surface area contributed by atoms with Crippen molar-refractivity contribution in [2.24, 2.45) is 0 Å². The zero-order valence-corrected chi connectivity index (χ0v) is 11.7. The minimum absolute atomic E-state index is 0.129. The molecule has 0 saturated heterocycles. The van der Waals surface area contributed by atoms with Gasteiger partial charge in [-0.1, -0.05) is 28.1 Å². The highest BCUT2D eigenvalue weighted by Crippen LogP contribution is 2.11. The first kappa shape index (κ1) is 14.2. The number of carbonyl (C=O) groups is 1. The molecular formula is C13H19BrN2O. The van der Waals surface area contributed by atoms with E-state index in [4.69, 9.17) is 0 Å². The maximum Gasteiger partial charge on any atom is 0.220 e. The molecule has 3 nitrogen and oxygen atoms in total. The summed E-state index contributed by atoms with van der Waals surface area (Å²) in [4.78, 5) is 11.5. The fraction of sp³-hybridized carbons (Fsp3) is 0.462. The average Bonchev–Trinajstić information content (AvgIpc) is 2.34. The number of aryl methyl sites for hydroxylation is 1. The van der Waals surface area contributed by atoms with Gasteiger partial charge in [-0.15, -0.1) is 0 Å². The highest BCUT2D eigenvalue weighted by atomic mass is 79.9. The smallest absolute Gasteiger partial charge is 0.220 e. The molecule has 0 aliphatic rings. The second-order valence-electron chi connectivity index (χ2n) is 3.93. The molecule has 0 bridgehead atoms. The molecule has 1 amide bonds. The molecule has 0 unspecified atom stereocenters. The summed E-state index contributed by atoms with van der Waals surface area (Å²) < 4.78 is 1.07. The maximum atomic E-state index is 11.5. The molecule has 1 aromatic carbocycles. The highest BCUT2D eigenvalue weighted by molar-refractivity contribution is 9.10. The largest absolute Gasteiger partial charge is 0.356 e. The summed E-state index contributed by atoms with van der Waals surface area (Å²) in [5, 5.41) is 5.96. The van der Waals surface area contributed by atoms with Crippen LogP contribution in [-0.4, -0.2) is 26.0 Å². The number of hydrogen-bond donors (Lipinski definition) is 2. The molecule has 1 rings (SSSR count). The fourth-order valence-electron chi connectivity index (χ4n) is 1.49. The summed E-state index contributed by atoms with van der Waals surface area (Å²) in [6.07, 6.45) is 2.33. The minimum Gasteiger partial charge on any atom is -0.356 e. The molecule has 0 atom stereocenters. The van der Waals surface area contributed by atoms with E-state index < -0.39 is 0 Å². The van der Waals surface area contributed by atoms with Crippen LogP contribution in [0.4, 0.5) is 0 Å². The molecule has 0 aliphatic carbocycles. The lowest BCUT2D eigenvalue weighted by Crippen LogP contribution is -2.26. The van der Waals surface area contributed by atoms with E-state index >= 15 is 0 Å². The van der Waals surface area contributed by atoms with Gasteiger partial charge in [0.05, 0.1) is 0 Å². The minimum atomic E-state index is 0.129. The number of hydrogen-bond acceptors (Lipinski definition) is 2. The molecule has 0 heterocycles. The molecule has 0 aliphatic heterocycles. The van der Waals surface area contributed by atoms with E-state index in [2.05, 4.69) is 26.6 Å². The first-order valence-electron chi connectivity index (χ1n) is 5.88. The van der Waals surface area contributed by atoms with Gasteiger partial charge in [-0.05, 0) is 44.1 Å². The normalized spacial score (nSPS) is 10.2. The zero-order valence-electron chi connectivity index (χ0n) is 10.1. The molecule has 0 radical (unpaired) electrons. The Balaban J connectivity index is 2.17. The Hall–Kier alpha value is -0.870. The van der Waals surface area contributed by atoms with Crippen LogP contribution in [-0.2, 0) is 11.2 Å². The lowest BCUT2D eigenvalue weighted by atomic mass is 10.1. The number of amides is 1. The van der Waals surface area contributed by atoms with Crippen LogP contribution >= 0.6 is 15.9 Å². The molecule has 4 heteroatoms. The van der Waals surface area contributed by atoms with Crippen LogP contribution in [0.25, 0.3) is 0 Å². The standard InChI is InChI=1S/C13H19BrN2O/c1-15-9-2-10-16-13(17)8-5-11-3-6-12(14)7-4-11/h3-4,6-7,15H,2,5,8-10H2,1H3,(H,16,17). The second kappa shape index (κ2) is 8.25. The van der Waals surface area contributed by atoms with Crippen LogP contribution in [0.5, 0.6) is 0 Å². The average molecular weight is 299 g/mol. The fourth-order valence-corrected chi connectivity index (χ4v) is 1.75. The van der Waals surface area contributed by atoms with Gasteiger partial charge >= 0.3 is 0 Å². The number of benzene rings is 1. The van der Waals surface area contributed by atoms with Crippen molar-refractivity contribution in [3.05, 3.63) is 34.3 Å². The molecule has 0 spiro atoms. The topological polar surface area (TPSA) is 41.1 Å². The van der Waals surface area contributed by atoms with Gasteiger partial charge in [0, 0.05) is 17.4 Å². The van der Waals surface area contributed by atoms with Crippen molar-refractivity contribution >= 4 is 21.8 Å². The van der Waals surface area contributed by atoms with Gasteiger partial charge in [0.15, 0.2) is 0 Å². The molecule has 0 fully saturated rings. The van der Waals surface area contributed by atoms with Crippen LogP contribution in [0.2, 0.25) is 0 Å². The Labute approximate surface area is 111 Å². The lowest BCUT2D eigenvalue weighted by Gasteiger charge is -2.05. The predicted octanol–water partition coefficient (Wildman–Crippen LogP) is 2.11. The van der Waals surface area contributed by atoms with Crippen LogP contribution in [0.15, 0.2) is 28.7 Å². The summed E-state index contributed by atoms with van der Waals surface area (Å²) in [6, 6.07) is 8.08. The van der Waals surface area contributed by atoms with E-state index in [1.165, 1.54) is 5.56 Å². The van der Waals surface area contributed by atoms with Gasteiger partial charge in [-0.25, -0.2) is 0 Å². The number of halogens is 1. The summed E-state index contributed by atoms with van der Waals surface area (Å²) >= 11 is 3.39. The molecule has 17 heavy (non-hydrogen) atoms. The van der Waals surface area contributed by atoms with Crippen molar-refractivity contribution in [3.63, 3.8) is 0 Å². The molecule has 94 valence electrons. The van der Waals surface area contributed by atoms with Crippen LogP contribution in [0.3, 0.4) is 0 Å². The van der Waals surface area contributed by atoms with Crippen molar-refractivity contribution in [3.8, 4) is 0 Å². The third-order valence-electron chi connectivity index (χ3n) is 2.48. The Kier molecular flexibility index (Phi) is 6.89. The maximum absolute atomic E-state index is 11.5. The quantitative estimate of drug-likeness (QED) is 0.757. The van der Waals surface area contributed by atoms with E-state index in [1.54, 1.807) is 0 Å². The van der Waals surface area contributed by atoms with Crippen molar-refractivity contribution in [2.75, 3.05) is 20.1 Å². The Morgan fingerprint density at radius 3 is 2.59 bits per heavy atom. The SMILES string of the molecule is CNCCCNC(=O)CCc1ccc(Br)cc1. The highest BCUT2D eigenvalue weighted by Gasteiger charge is 2.01. The van der Waals surface area contributed by atoms with Crippen LogP contribution < -0.4 is 10.6 Å². The Bertz CT molecular complexity index is 338.